The second-order valence-corrected chi connectivity index (χ2v) is 16.6. The number of carbonyl (C=O) groups excluding carboxylic acids is 4. The highest BCUT2D eigenvalue weighted by Gasteiger charge is 2.65. The second-order valence-electron chi connectivity index (χ2n) is 14.6. The van der Waals surface area contributed by atoms with E-state index in [1.54, 1.807) is 32.0 Å². The molecular weight excluding hydrogens is 716 g/mol. The molecule has 15 nitrogen and oxygen atoms in total. The van der Waals surface area contributed by atoms with Gasteiger partial charge < -0.3 is 24.8 Å². The Hall–Kier alpha value is -4.74. The minimum atomic E-state index is -4.08. The number of ether oxygens (including phenoxy) is 1. The van der Waals surface area contributed by atoms with Gasteiger partial charge in [0.05, 0.1) is 22.8 Å². The van der Waals surface area contributed by atoms with E-state index in [0.717, 1.165) is 0 Å². The first-order valence-corrected chi connectivity index (χ1v) is 19.4. The lowest BCUT2D eigenvalue weighted by Crippen LogP contribution is -2.58. The van der Waals surface area contributed by atoms with Crippen LogP contribution in [0.5, 0.6) is 5.88 Å². The Labute approximate surface area is 304 Å². The molecule has 18 heteroatoms. The Morgan fingerprint density at radius 2 is 1.77 bits per heavy atom. The molecule has 4 fully saturated rings. The molecule has 4 amide bonds. The molecule has 1 aromatic carbocycles. The van der Waals surface area contributed by atoms with Crippen LogP contribution in [0.1, 0.15) is 86.2 Å². The van der Waals surface area contributed by atoms with Crippen molar-refractivity contribution >= 4 is 44.7 Å². The minimum absolute atomic E-state index is 0.0676. The number of halogens is 2. The number of benzene rings is 1. The lowest BCUT2D eigenvalue weighted by atomic mass is 10.00. The van der Waals surface area contributed by atoms with Crippen molar-refractivity contribution in [1.29, 1.82) is 0 Å². The molecule has 4 heterocycles. The van der Waals surface area contributed by atoms with E-state index in [4.69, 9.17) is 9.26 Å². The quantitative estimate of drug-likeness (QED) is 0.320. The molecule has 5 unspecified atom stereocenters. The average molecular weight is 758 g/mol. The van der Waals surface area contributed by atoms with Gasteiger partial charge in [0.1, 0.15) is 35.2 Å². The van der Waals surface area contributed by atoms with Gasteiger partial charge in [-0.15, -0.1) is 0 Å². The molecule has 0 radical (unpaired) electrons. The van der Waals surface area contributed by atoms with Gasteiger partial charge in [-0.2, -0.15) is 0 Å². The third-order valence-corrected chi connectivity index (χ3v) is 12.2. The predicted octanol–water partition coefficient (Wildman–Crippen LogP) is 2.85. The van der Waals surface area contributed by atoms with Gasteiger partial charge in [-0.3, -0.25) is 23.9 Å². The summed E-state index contributed by atoms with van der Waals surface area (Å²) in [5.74, 6) is -6.97. The number of hydrogen-bond acceptors (Lipinski definition) is 11. The van der Waals surface area contributed by atoms with Gasteiger partial charge >= 0.3 is 0 Å². The van der Waals surface area contributed by atoms with Gasteiger partial charge in [-0.25, -0.2) is 27.2 Å². The highest BCUT2D eigenvalue weighted by Crippen LogP contribution is 2.51. The van der Waals surface area contributed by atoms with Crippen molar-refractivity contribution in [3.8, 4) is 5.88 Å². The number of hydrogen-bond donors (Lipinski definition) is 3. The first kappa shape index (κ1) is 36.6. The Kier molecular flexibility index (Phi) is 9.61. The summed E-state index contributed by atoms with van der Waals surface area (Å²) >= 11 is 0. The Morgan fingerprint density at radius 3 is 2.47 bits per heavy atom. The zero-order valence-corrected chi connectivity index (χ0v) is 30.1. The van der Waals surface area contributed by atoms with Crippen LogP contribution in [0.4, 0.5) is 8.78 Å². The van der Waals surface area contributed by atoms with Gasteiger partial charge in [0.25, 0.3) is 11.8 Å². The molecule has 7 rings (SSSR count). The van der Waals surface area contributed by atoms with Crippen molar-refractivity contribution in [2.45, 2.75) is 113 Å². The SMILES string of the molecule is Cc1cc(C(=O)NC2CCCCCC(F)(F)CC3CC3(C(=O)NS(=O)(=O)C3CC3)NC(=O)C3CC(Oc4nc5ccccc5nc4C)CN3C2=O)no1. The van der Waals surface area contributed by atoms with Crippen molar-refractivity contribution in [2.75, 3.05) is 6.54 Å². The first-order valence-electron chi connectivity index (χ1n) is 17.8. The molecule has 0 bridgehead atoms. The van der Waals surface area contributed by atoms with E-state index in [-0.39, 0.29) is 43.8 Å². The first-order chi connectivity index (χ1) is 25.1. The fourth-order valence-electron chi connectivity index (χ4n) is 7.30. The van der Waals surface area contributed by atoms with Gasteiger partial charge in [-0.1, -0.05) is 30.1 Å². The van der Waals surface area contributed by atoms with Crippen LogP contribution < -0.4 is 20.1 Å². The monoisotopic (exact) mass is 757 g/mol. The number of fused-ring (bicyclic) bond motifs is 3. The van der Waals surface area contributed by atoms with E-state index in [1.807, 2.05) is 10.8 Å². The standard InChI is InChI=1S/C35H41F2N7O8S/c1-19-14-27(42-52-19)29(45)39-26-10-4-3-7-13-34(36,37)16-21-17-35(21,33(48)43-53(49,50)23-11-12-23)41-30(46)28-15-22(18-44(28)32(26)47)51-31-20(2)38-24-8-5-6-9-25(24)40-31/h5-6,8-9,14,21-23,26,28H,3-4,7,10-13,15-18H2,1-2H3,(H,39,45)(H,41,46)(H,43,48). The molecule has 4 aliphatic rings. The number of carbonyl (C=O) groups is 4. The average Bonchev–Trinajstić information content (AvgIpc) is 3.98. The third-order valence-electron chi connectivity index (χ3n) is 10.4. The van der Waals surface area contributed by atoms with E-state index in [0.29, 0.717) is 48.2 Å². The normalized spacial score (nSPS) is 27.8. The highest BCUT2D eigenvalue weighted by molar-refractivity contribution is 7.91. The predicted molar refractivity (Wildman–Crippen MR) is 183 cm³/mol. The van der Waals surface area contributed by atoms with E-state index in [1.165, 1.54) is 11.0 Å². The largest absolute Gasteiger partial charge is 0.471 e. The van der Waals surface area contributed by atoms with Crippen LogP contribution in [0.3, 0.4) is 0 Å². The smallest absolute Gasteiger partial charge is 0.274 e. The number of sulfonamides is 1. The van der Waals surface area contributed by atoms with Crippen molar-refractivity contribution < 1.29 is 45.6 Å². The lowest BCUT2D eigenvalue weighted by Gasteiger charge is -2.30. The molecule has 5 atom stereocenters. The maximum Gasteiger partial charge on any atom is 0.274 e. The number of para-hydroxylation sites is 2. The van der Waals surface area contributed by atoms with Crippen LogP contribution >= 0.6 is 0 Å². The maximum absolute atomic E-state index is 15.3. The van der Waals surface area contributed by atoms with Crippen LogP contribution in [0.25, 0.3) is 11.0 Å². The maximum atomic E-state index is 15.3. The summed E-state index contributed by atoms with van der Waals surface area (Å²) < 4.78 is 69.5. The van der Waals surface area contributed by atoms with Crippen molar-refractivity contribution in [3.05, 3.63) is 47.5 Å². The number of aryl methyl sites for hydroxylation is 2. The van der Waals surface area contributed by atoms with Gasteiger partial charge in [0.2, 0.25) is 33.6 Å². The molecule has 2 aromatic heterocycles. The van der Waals surface area contributed by atoms with E-state index < -0.39 is 87.3 Å². The zero-order chi connectivity index (χ0) is 37.7. The zero-order valence-electron chi connectivity index (χ0n) is 29.3. The number of nitrogens with one attached hydrogen (secondary N) is 3. The van der Waals surface area contributed by atoms with Crippen molar-refractivity contribution in [3.63, 3.8) is 0 Å². The van der Waals surface area contributed by atoms with Crippen molar-refractivity contribution in [1.82, 2.24) is 35.4 Å². The number of alkyl halides is 2. The van der Waals surface area contributed by atoms with Gasteiger partial charge in [-0.05, 0) is 64.0 Å². The van der Waals surface area contributed by atoms with E-state index in [2.05, 4.69) is 25.8 Å². The van der Waals surface area contributed by atoms with Crippen LogP contribution in [0.15, 0.2) is 34.9 Å². The lowest BCUT2D eigenvalue weighted by molar-refractivity contribution is -0.141. The summed E-state index contributed by atoms with van der Waals surface area (Å²) in [6.45, 7) is 3.18. The molecule has 3 aromatic rings. The number of nitrogens with zero attached hydrogens (tertiary/aromatic N) is 4. The molecule has 2 aliphatic heterocycles. The van der Waals surface area contributed by atoms with Crippen LogP contribution in [0, 0.1) is 19.8 Å². The highest BCUT2D eigenvalue weighted by atomic mass is 32.2. The van der Waals surface area contributed by atoms with Crippen LogP contribution in [-0.2, 0) is 24.4 Å². The molecular formula is C35H41F2N7O8S. The Balaban J connectivity index is 1.21. The molecule has 3 N–H and O–H groups in total. The van der Waals surface area contributed by atoms with Crippen LogP contribution in [0.2, 0.25) is 0 Å². The molecule has 53 heavy (non-hydrogen) atoms. The Bertz CT molecular complexity index is 2060. The molecule has 2 saturated heterocycles. The molecule has 284 valence electrons. The number of rotatable bonds is 7. The topological polar surface area (TPSA) is 203 Å². The van der Waals surface area contributed by atoms with Gasteiger partial charge in [0, 0.05) is 25.3 Å². The molecule has 0 spiro atoms. The summed E-state index contributed by atoms with van der Waals surface area (Å²) in [6.07, 6.45) is -0.857. The summed E-state index contributed by atoms with van der Waals surface area (Å²) in [5, 5.41) is 8.26. The summed E-state index contributed by atoms with van der Waals surface area (Å²) in [4.78, 5) is 65.9. The van der Waals surface area contributed by atoms with Crippen molar-refractivity contribution in [2.24, 2.45) is 5.92 Å². The van der Waals surface area contributed by atoms with Gasteiger partial charge in [0.15, 0.2) is 5.69 Å². The summed E-state index contributed by atoms with van der Waals surface area (Å²) in [7, 11) is -4.08. The van der Waals surface area contributed by atoms with Crippen LogP contribution in [-0.4, -0.2) is 93.5 Å². The third kappa shape index (κ3) is 7.82. The molecule has 2 saturated carbocycles. The molecule has 2 aliphatic carbocycles. The summed E-state index contributed by atoms with van der Waals surface area (Å²) in [6, 6.07) is 6.11. The minimum Gasteiger partial charge on any atom is -0.471 e. The Morgan fingerprint density at radius 1 is 1.04 bits per heavy atom. The number of amides is 4. The number of aromatic nitrogens is 3. The fraction of sp³-hybridized carbons (Fsp3) is 0.571. The van der Waals surface area contributed by atoms with E-state index in [9.17, 15) is 27.6 Å². The fourth-order valence-corrected chi connectivity index (χ4v) is 8.66. The van der Waals surface area contributed by atoms with E-state index >= 15 is 8.78 Å². The second kappa shape index (κ2) is 13.9. The summed E-state index contributed by atoms with van der Waals surface area (Å²) in [5.41, 5.74) is -0.335.